The van der Waals surface area contributed by atoms with Gasteiger partial charge in [0.05, 0.1) is 18.2 Å². The van der Waals surface area contributed by atoms with Gasteiger partial charge in [0, 0.05) is 31.1 Å². The van der Waals surface area contributed by atoms with Crippen molar-refractivity contribution in [3.8, 4) is 0 Å². The van der Waals surface area contributed by atoms with Crippen LogP contribution in [0.3, 0.4) is 0 Å². The van der Waals surface area contributed by atoms with Crippen molar-refractivity contribution >= 4 is 34.9 Å². The number of methoxy groups -OCH3 is 1. The number of amides is 1. The largest absolute Gasteiger partial charge is 0.460 e. The third-order valence-electron chi connectivity index (χ3n) is 6.53. The van der Waals surface area contributed by atoms with Gasteiger partial charge in [0.15, 0.2) is 5.11 Å². The van der Waals surface area contributed by atoms with Crippen LogP contribution >= 0.6 is 12.2 Å². The fraction of sp³-hybridized carbons (Fsp3) is 0.414. The SMILES string of the molecule is CCCCCCc1ccc(C(=O)Nc2ccc(C3NC(=S)N(C)C(C)=C3C(=O)OCCOC)cc2)cc1. The van der Waals surface area contributed by atoms with Crippen molar-refractivity contribution in [2.45, 2.75) is 52.0 Å². The van der Waals surface area contributed by atoms with Crippen molar-refractivity contribution in [1.82, 2.24) is 10.2 Å². The van der Waals surface area contributed by atoms with E-state index in [1.54, 1.807) is 19.1 Å². The molecule has 7 nitrogen and oxygen atoms in total. The van der Waals surface area contributed by atoms with Crippen LogP contribution in [-0.4, -0.2) is 49.3 Å². The number of carbonyl (C=O) groups excluding carboxylic acids is 2. The second-order valence-electron chi connectivity index (χ2n) is 9.15. The summed E-state index contributed by atoms with van der Waals surface area (Å²) in [5, 5.41) is 6.69. The minimum atomic E-state index is -0.464. The molecule has 1 atom stereocenters. The van der Waals surface area contributed by atoms with Crippen LogP contribution in [0.25, 0.3) is 0 Å². The van der Waals surface area contributed by atoms with Crippen molar-refractivity contribution in [3.63, 3.8) is 0 Å². The molecule has 0 aliphatic carbocycles. The number of benzene rings is 2. The van der Waals surface area contributed by atoms with Crippen LogP contribution in [0.1, 0.15) is 67.1 Å². The summed E-state index contributed by atoms with van der Waals surface area (Å²) in [5.41, 5.74) is 4.57. The fourth-order valence-corrected chi connectivity index (χ4v) is 4.44. The number of hydrogen-bond acceptors (Lipinski definition) is 5. The number of allylic oxidation sites excluding steroid dienone is 1. The molecule has 1 aliphatic heterocycles. The highest BCUT2D eigenvalue weighted by molar-refractivity contribution is 7.80. The lowest BCUT2D eigenvalue weighted by atomic mass is 9.95. The minimum Gasteiger partial charge on any atom is -0.460 e. The van der Waals surface area contributed by atoms with E-state index in [1.165, 1.54) is 31.2 Å². The van der Waals surface area contributed by atoms with E-state index in [9.17, 15) is 9.59 Å². The first-order chi connectivity index (χ1) is 17.8. The number of nitrogens with zero attached hydrogens (tertiary/aromatic N) is 1. The number of carbonyl (C=O) groups is 2. The number of rotatable bonds is 12. The molecule has 2 aromatic rings. The lowest BCUT2D eigenvalue weighted by molar-refractivity contribution is -0.140. The van der Waals surface area contributed by atoms with E-state index in [-0.39, 0.29) is 12.5 Å². The summed E-state index contributed by atoms with van der Waals surface area (Å²) < 4.78 is 10.4. The number of hydrogen-bond donors (Lipinski definition) is 2. The number of ether oxygens (including phenoxy) is 2. The summed E-state index contributed by atoms with van der Waals surface area (Å²) in [7, 11) is 3.36. The second kappa shape index (κ2) is 13.9. The molecule has 0 bridgehead atoms. The second-order valence-corrected chi connectivity index (χ2v) is 9.54. The molecular weight excluding hydrogens is 486 g/mol. The van der Waals surface area contributed by atoms with Gasteiger partial charge < -0.3 is 25.0 Å². The molecule has 198 valence electrons. The Morgan fingerprint density at radius 2 is 1.73 bits per heavy atom. The zero-order valence-corrected chi connectivity index (χ0v) is 23.0. The highest BCUT2D eigenvalue weighted by Crippen LogP contribution is 2.31. The summed E-state index contributed by atoms with van der Waals surface area (Å²) in [5.74, 6) is -0.588. The molecule has 0 saturated heterocycles. The Labute approximate surface area is 225 Å². The van der Waals surface area contributed by atoms with E-state index in [4.69, 9.17) is 21.7 Å². The Bertz CT molecular complexity index is 1110. The van der Waals surface area contributed by atoms with Crippen LogP contribution < -0.4 is 10.6 Å². The lowest BCUT2D eigenvalue weighted by Crippen LogP contribution is -2.46. The Hall–Kier alpha value is -3.23. The fourth-order valence-electron chi connectivity index (χ4n) is 4.19. The van der Waals surface area contributed by atoms with Crippen molar-refractivity contribution in [1.29, 1.82) is 0 Å². The number of nitrogens with one attached hydrogen (secondary N) is 2. The van der Waals surface area contributed by atoms with Gasteiger partial charge in [0.25, 0.3) is 5.91 Å². The van der Waals surface area contributed by atoms with Gasteiger partial charge in [-0.15, -0.1) is 0 Å². The Balaban J connectivity index is 1.68. The van der Waals surface area contributed by atoms with Gasteiger partial charge in [0.2, 0.25) is 0 Å². The predicted octanol–water partition coefficient (Wildman–Crippen LogP) is 5.39. The number of aryl methyl sites for hydroxylation is 1. The molecule has 1 aliphatic rings. The summed E-state index contributed by atoms with van der Waals surface area (Å²) in [6.07, 6.45) is 5.92. The van der Waals surface area contributed by atoms with Crippen LogP contribution in [0, 0.1) is 0 Å². The average Bonchev–Trinajstić information content (AvgIpc) is 2.90. The minimum absolute atomic E-state index is 0.164. The topological polar surface area (TPSA) is 79.9 Å². The van der Waals surface area contributed by atoms with Crippen LogP contribution in [0.15, 0.2) is 59.8 Å². The number of thiocarbonyl (C=S) groups is 1. The molecule has 0 radical (unpaired) electrons. The normalized spacial score (nSPS) is 15.4. The van der Waals surface area contributed by atoms with Gasteiger partial charge in [-0.1, -0.05) is 50.5 Å². The smallest absolute Gasteiger partial charge is 0.338 e. The van der Waals surface area contributed by atoms with Crippen LogP contribution in [0.5, 0.6) is 0 Å². The van der Waals surface area contributed by atoms with E-state index < -0.39 is 12.0 Å². The standard InChI is InChI=1S/C29H37N3O4S/c1-5-6-7-8-9-21-10-12-23(13-11-21)27(33)30-24-16-14-22(15-17-24)26-25(28(34)36-19-18-35-4)20(2)32(3)29(37)31-26/h10-17,26H,5-9,18-19H2,1-4H3,(H,30,33)(H,31,37). The average molecular weight is 524 g/mol. The summed E-state index contributed by atoms with van der Waals surface area (Å²) in [6.45, 7) is 4.54. The van der Waals surface area contributed by atoms with Gasteiger partial charge in [0.1, 0.15) is 6.61 Å². The third-order valence-corrected chi connectivity index (χ3v) is 6.92. The van der Waals surface area contributed by atoms with Crippen molar-refractivity contribution < 1.29 is 19.1 Å². The highest BCUT2D eigenvalue weighted by atomic mass is 32.1. The van der Waals surface area contributed by atoms with E-state index >= 15 is 0 Å². The lowest BCUT2D eigenvalue weighted by Gasteiger charge is -2.35. The zero-order chi connectivity index (χ0) is 26.8. The molecule has 0 aromatic heterocycles. The van der Waals surface area contributed by atoms with Crippen molar-refractivity contribution in [2.75, 3.05) is 32.7 Å². The predicted molar refractivity (Wildman–Crippen MR) is 150 cm³/mol. The van der Waals surface area contributed by atoms with Gasteiger partial charge in [-0.05, 0) is 67.4 Å². The summed E-state index contributed by atoms with van der Waals surface area (Å²) >= 11 is 5.46. The maximum atomic E-state index is 12.9. The molecule has 0 spiro atoms. The molecule has 1 heterocycles. The molecule has 0 fully saturated rings. The van der Waals surface area contributed by atoms with Crippen LogP contribution in [-0.2, 0) is 20.7 Å². The first kappa shape index (κ1) is 28.3. The number of unbranched alkanes of at least 4 members (excludes halogenated alkanes) is 3. The van der Waals surface area contributed by atoms with Gasteiger partial charge in [-0.25, -0.2) is 4.79 Å². The van der Waals surface area contributed by atoms with E-state index in [2.05, 4.69) is 17.6 Å². The van der Waals surface area contributed by atoms with E-state index in [0.717, 1.165) is 17.7 Å². The summed E-state index contributed by atoms with van der Waals surface area (Å²) in [6, 6.07) is 14.7. The monoisotopic (exact) mass is 523 g/mol. The van der Waals surface area contributed by atoms with Gasteiger partial charge in [-0.2, -0.15) is 0 Å². The highest BCUT2D eigenvalue weighted by Gasteiger charge is 2.33. The maximum Gasteiger partial charge on any atom is 0.338 e. The molecule has 2 aromatic carbocycles. The zero-order valence-electron chi connectivity index (χ0n) is 22.1. The van der Waals surface area contributed by atoms with E-state index in [1.807, 2.05) is 55.5 Å². The molecule has 8 heteroatoms. The third kappa shape index (κ3) is 7.63. The number of esters is 1. The first-order valence-electron chi connectivity index (χ1n) is 12.8. The Morgan fingerprint density at radius 1 is 1.03 bits per heavy atom. The Kier molecular flexibility index (Phi) is 10.7. The van der Waals surface area contributed by atoms with Crippen LogP contribution in [0.2, 0.25) is 0 Å². The molecule has 2 N–H and O–H groups in total. The molecule has 0 saturated carbocycles. The van der Waals surface area contributed by atoms with Gasteiger partial charge in [-0.3, -0.25) is 4.79 Å². The van der Waals surface area contributed by atoms with Crippen molar-refractivity contribution in [3.05, 3.63) is 76.5 Å². The molecule has 1 amide bonds. The van der Waals surface area contributed by atoms with E-state index in [0.29, 0.717) is 28.5 Å². The molecule has 1 unspecified atom stereocenters. The summed E-state index contributed by atoms with van der Waals surface area (Å²) in [4.78, 5) is 27.4. The van der Waals surface area contributed by atoms with Crippen molar-refractivity contribution in [2.24, 2.45) is 0 Å². The number of anilines is 1. The Morgan fingerprint density at radius 3 is 2.38 bits per heavy atom. The van der Waals surface area contributed by atoms with Gasteiger partial charge >= 0.3 is 5.97 Å². The first-order valence-corrected chi connectivity index (χ1v) is 13.2. The molecule has 37 heavy (non-hydrogen) atoms. The molecular formula is C29H37N3O4S. The quantitative estimate of drug-likeness (QED) is 0.219. The maximum absolute atomic E-state index is 12.9. The molecule has 3 rings (SSSR count). The van der Waals surface area contributed by atoms with Crippen LogP contribution in [0.4, 0.5) is 5.69 Å².